The van der Waals surface area contributed by atoms with E-state index in [-0.39, 0.29) is 55.9 Å². The molecule has 2 aromatic heterocycles. The molecule has 75 heavy (non-hydrogen) atoms. The van der Waals surface area contributed by atoms with Gasteiger partial charge in [-0.15, -0.1) is 11.3 Å². The van der Waals surface area contributed by atoms with Crippen LogP contribution in [-0.4, -0.2) is 105 Å². The number of carbonyl (C=O) groups is 5. The van der Waals surface area contributed by atoms with Gasteiger partial charge in [-0.1, -0.05) is 45.0 Å². The van der Waals surface area contributed by atoms with Gasteiger partial charge in [-0.05, 0) is 98.4 Å². The van der Waals surface area contributed by atoms with E-state index in [4.69, 9.17) is 21.7 Å². The lowest BCUT2D eigenvalue weighted by Crippen LogP contribution is -2.58. The van der Waals surface area contributed by atoms with Crippen molar-refractivity contribution in [2.75, 3.05) is 36.1 Å². The van der Waals surface area contributed by atoms with Crippen molar-refractivity contribution in [3.63, 3.8) is 0 Å². The molecule has 2 aliphatic rings. The predicted octanol–water partition coefficient (Wildman–Crippen LogP) is 7.20. The predicted molar refractivity (Wildman–Crippen MR) is 273 cm³/mol. The van der Waals surface area contributed by atoms with Crippen LogP contribution in [0, 0.1) is 29.5 Å². The van der Waals surface area contributed by atoms with Crippen molar-refractivity contribution in [3.05, 3.63) is 118 Å². The van der Waals surface area contributed by atoms with Gasteiger partial charge in [0.15, 0.2) is 10.9 Å². The molecule has 4 heterocycles. The molecule has 0 unspecified atom stereocenters. The number of alkyl halides is 3. The van der Waals surface area contributed by atoms with Crippen LogP contribution >= 0.6 is 23.6 Å². The quantitative estimate of drug-likeness (QED) is 0.0412. The number of anilines is 2. The van der Waals surface area contributed by atoms with Crippen LogP contribution in [0.2, 0.25) is 0 Å². The number of thiazole rings is 1. The topological polar surface area (TPSA) is 219 Å². The third kappa shape index (κ3) is 12.4. The fraction of sp³-hybridized carbons (Fsp3) is 0.365. The third-order valence-electron chi connectivity index (χ3n) is 12.4. The summed E-state index contributed by atoms with van der Waals surface area (Å²) in [5, 5.41) is 27.8. The number of ether oxygens (including phenoxy) is 2. The van der Waals surface area contributed by atoms with Crippen molar-refractivity contribution in [3.8, 4) is 28.1 Å². The second-order valence-corrected chi connectivity index (χ2v) is 20.6. The van der Waals surface area contributed by atoms with E-state index in [1.807, 2.05) is 31.2 Å². The van der Waals surface area contributed by atoms with E-state index in [0.717, 1.165) is 33.8 Å². The lowest BCUT2D eigenvalue weighted by molar-refractivity contribution is -0.144. The highest BCUT2D eigenvalue weighted by atomic mass is 32.1. The highest BCUT2D eigenvalue weighted by Gasteiger charge is 2.52. The number of amides is 5. The molecule has 0 spiro atoms. The SMILES string of the molecule is Cc1ncsc1-c1ccc(CNC(=O)[C@@H]2C[C@@H](O)CN2C(=O)[C@@H](NC(=O)COCCCNC(=O)c2ccc(Oc3ccc(N4C(=S)N(c5ccc(C#N)c(C(F)(F)F)c5F)C(=O)C4(C)C)cn3)cc2)C(C)(C)C)cc1. The van der Waals surface area contributed by atoms with E-state index in [1.165, 1.54) is 72.3 Å². The van der Waals surface area contributed by atoms with Crippen molar-refractivity contribution >= 4 is 69.6 Å². The first-order valence-electron chi connectivity index (χ1n) is 23.5. The molecule has 2 aliphatic heterocycles. The zero-order valence-electron chi connectivity index (χ0n) is 41.6. The molecule has 0 saturated carbocycles. The molecule has 0 bridgehead atoms. The Morgan fingerprint density at radius 3 is 2.32 bits per heavy atom. The summed E-state index contributed by atoms with van der Waals surface area (Å²) >= 11 is 7.04. The Kier molecular flexibility index (Phi) is 16.7. The maximum atomic E-state index is 15.4. The van der Waals surface area contributed by atoms with Crippen molar-refractivity contribution < 1.29 is 56.1 Å². The number of thiocarbonyl (C=S) groups is 1. The summed E-state index contributed by atoms with van der Waals surface area (Å²) in [6.45, 7) is 10.3. The first kappa shape index (κ1) is 55.4. The number of nitrogens with one attached hydrogen (secondary N) is 3. The van der Waals surface area contributed by atoms with Crippen molar-refractivity contribution in [2.45, 2.75) is 90.8 Å². The van der Waals surface area contributed by atoms with Gasteiger partial charge in [-0.2, -0.15) is 18.4 Å². The van der Waals surface area contributed by atoms with Crippen LogP contribution in [0.15, 0.2) is 84.5 Å². The Morgan fingerprint density at radius 2 is 1.71 bits per heavy atom. The van der Waals surface area contributed by atoms with E-state index in [9.17, 15) is 47.5 Å². The number of rotatable bonds is 17. The largest absolute Gasteiger partial charge is 0.439 e. The summed E-state index contributed by atoms with van der Waals surface area (Å²) in [6.07, 6.45) is -4.44. The van der Waals surface area contributed by atoms with Gasteiger partial charge < -0.3 is 40.3 Å². The van der Waals surface area contributed by atoms with Gasteiger partial charge in [0.1, 0.15) is 35.5 Å². The summed E-state index contributed by atoms with van der Waals surface area (Å²) in [6, 6.07) is 17.8. The zero-order chi connectivity index (χ0) is 54.6. The minimum absolute atomic E-state index is 0.0460. The van der Waals surface area contributed by atoms with Gasteiger partial charge >= 0.3 is 6.18 Å². The minimum Gasteiger partial charge on any atom is -0.439 e. The number of aliphatic hydroxyl groups excluding tert-OH is 1. The first-order chi connectivity index (χ1) is 35.4. The minimum atomic E-state index is -5.22. The number of carbonyl (C=O) groups excluding carboxylic acids is 5. The van der Waals surface area contributed by atoms with Crippen LogP contribution in [0.25, 0.3) is 10.4 Å². The van der Waals surface area contributed by atoms with Crippen LogP contribution in [0.1, 0.15) is 80.2 Å². The highest BCUT2D eigenvalue weighted by molar-refractivity contribution is 7.81. The smallest absolute Gasteiger partial charge is 0.420 e. The lowest BCUT2D eigenvalue weighted by atomic mass is 9.85. The van der Waals surface area contributed by atoms with Crippen molar-refractivity contribution in [2.24, 2.45) is 5.41 Å². The molecule has 0 aliphatic carbocycles. The Labute approximate surface area is 438 Å². The van der Waals surface area contributed by atoms with Gasteiger partial charge in [-0.25, -0.2) is 14.4 Å². The maximum absolute atomic E-state index is 15.4. The molecule has 5 amide bonds. The molecule has 2 saturated heterocycles. The fourth-order valence-electron chi connectivity index (χ4n) is 8.54. The van der Waals surface area contributed by atoms with Crippen LogP contribution in [0.4, 0.5) is 28.9 Å². The summed E-state index contributed by atoms with van der Waals surface area (Å²) in [7, 11) is 0. The monoisotopic (exact) mass is 1070 g/mol. The number of halogens is 4. The number of likely N-dealkylation sites (tertiary alicyclic amines) is 1. The molecule has 3 aromatic carbocycles. The number of hydrogen-bond acceptors (Lipinski definition) is 13. The van der Waals surface area contributed by atoms with Gasteiger partial charge in [0.05, 0.1) is 51.4 Å². The van der Waals surface area contributed by atoms with E-state index < -0.39 is 87.5 Å². The first-order valence-corrected chi connectivity index (χ1v) is 24.8. The van der Waals surface area contributed by atoms with Gasteiger partial charge in [0.25, 0.3) is 11.8 Å². The summed E-state index contributed by atoms with van der Waals surface area (Å²) in [5.74, 6) is -4.11. The molecule has 394 valence electrons. The molecule has 3 atom stereocenters. The number of hydrogen-bond donors (Lipinski definition) is 4. The van der Waals surface area contributed by atoms with E-state index in [0.29, 0.717) is 22.6 Å². The van der Waals surface area contributed by atoms with Gasteiger partial charge in [-0.3, -0.25) is 28.9 Å². The molecule has 17 nitrogen and oxygen atoms in total. The average molecular weight is 1070 g/mol. The third-order valence-corrected chi connectivity index (χ3v) is 13.8. The fourth-order valence-corrected chi connectivity index (χ4v) is 9.86. The molecule has 5 aromatic rings. The normalized spacial score (nSPS) is 16.9. The van der Waals surface area contributed by atoms with Crippen molar-refractivity contribution in [1.82, 2.24) is 30.8 Å². The number of aryl methyl sites for hydroxylation is 1. The summed E-state index contributed by atoms with van der Waals surface area (Å²) in [5.41, 5.74) is -0.636. The molecule has 7 rings (SSSR count). The Balaban J connectivity index is 0.845. The second-order valence-electron chi connectivity index (χ2n) is 19.3. The van der Waals surface area contributed by atoms with E-state index >= 15 is 4.39 Å². The van der Waals surface area contributed by atoms with Crippen LogP contribution < -0.4 is 30.5 Å². The van der Waals surface area contributed by atoms with Crippen LogP contribution in [0.5, 0.6) is 11.6 Å². The Morgan fingerprint density at radius 1 is 1.00 bits per heavy atom. The summed E-state index contributed by atoms with van der Waals surface area (Å²) in [4.78, 5) is 79.9. The molecule has 23 heteroatoms. The number of benzene rings is 3. The number of nitriles is 1. The standard InChI is InChI=1S/C52H53F4N9O8S2/c1-29-43(75-28-61-29)31-10-8-30(9-11-31)24-60-46(69)38-22-35(66)26-63(38)47(70)44(50(2,3)4)62-39(67)27-72-21-7-20-58-45(68)32-12-16-36(17-13-32)73-40-19-15-34(25-59-40)65-49(74)64(48(71)51(65,5)6)37-18-14-33(23-57)41(42(37)53)52(54,55)56/h8-19,25,28,35,38,44,66H,7,20-22,24,26-27H2,1-6H3,(H,58,68)(H,60,69)(H,62,67)/t35-,38+,44-/m1/s1. The maximum Gasteiger partial charge on any atom is 0.420 e. The van der Waals surface area contributed by atoms with E-state index in [2.05, 4.69) is 25.9 Å². The average Bonchev–Trinajstić information content (AvgIpc) is 4.03. The van der Waals surface area contributed by atoms with Crippen molar-refractivity contribution in [1.29, 1.82) is 5.26 Å². The molecule has 0 radical (unpaired) electrons. The Hall–Kier alpha value is -7.39. The van der Waals surface area contributed by atoms with Gasteiger partial charge in [0.2, 0.25) is 23.6 Å². The number of aliphatic hydroxyl groups is 1. The van der Waals surface area contributed by atoms with Crippen LogP contribution in [-0.2, 0) is 36.6 Å². The zero-order valence-corrected chi connectivity index (χ0v) is 43.2. The molecule has 4 N–H and O–H groups in total. The number of pyridine rings is 1. The Bertz CT molecular complexity index is 3010. The lowest BCUT2D eigenvalue weighted by Gasteiger charge is -2.35. The number of aromatic nitrogens is 2. The summed E-state index contributed by atoms with van der Waals surface area (Å²) < 4.78 is 68.1. The molecular weight excluding hydrogens is 1020 g/mol. The molecular formula is C52H53F4N9O8S2. The second kappa shape index (κ2) is 22.6. The number of β-amino-alcohol motifs (C(OH)–C–C–N with tert-alkyl or cyclic N) is 1. The number of nitrogens with zero attached hydrogens (tertiary/aromatic N) is 6. The van der Waals surface area contributed by atoms with Crippen LogP contribution in [0.3, 0.4) is 0 Å². The highest BCUT2D eigenvalue weighted by Crippen LogP contribution is 2.42. The molecule has 2 fully saturated rings. The van der Waals surface area contributed by atoms with Gasteiger partial charge in [0, 0.05) is 44.3 Å². The van der Waals surface area contributed by atoms with E-state index in [1.54, 1.807) is 37.6 Å².